The molecule has 4 heteroatoms. The molecule has 2 aromatic heterocycles. The molecule has 2 heterocycles. The Hall–Kier alpha value is -2.80. The number of pyridine rings is 1. The molecule has 1 aromatic carbocycles. The number of rotatable bonds is 5. The van der Waals surface area contributed by atoms with Gasteiger partial charge in [-0.25, -0.2) is 4.98 Å². The Balaban J connectivity index is 2.07. The molecular formula is C19H19N3O. The monoisotopic (exact) mass is 305 g/mol. The Labute approximate surface area is 136 Å². The maximum absolute atomic E-state index is 9.19. The molecule has 3 aromatic rings. The van der Waals surface area contributed by atoms with Crippen molar-refractivity contribution in [3.05, 3.63) is 53.9 Å². The van der Waals surface area contributed by atoms with Crippen molar-refractivity contribution in [2.75, 3.05) is 6.61 Å². The number of nitriles is 1. The summed E-state index contributed by atoms with van der Waals surface area (Å²) in [6, 6.07) is 16.2. The molecule has 0 aliphatic rings. The molecule has 0 N–H and O–H groups in total. The van der Waals surface area contributed by atoms with Gasteiger partial charge in [0.25, 0.3) is 0 Å². The molecule has 0 atom stereocenters. The first-order valence-electron chi connectivity index (χ1n) is 7.81. The molecule has 0 aliphatic carbocycles. The van der Waals surface area contributed by atoms with Crippen LogP contribution in [0.5, 0.6) is 5.75 Å². The maximum Gasteiger partial charge on any atom is 0.137 e. The predicted octanol–water partition coefficient (Wildman–Crippen LogP) is 4.16. The summed E-state index contributed by atoms with van der Waals surface area (Å²) in [5, 5.41) is 9.19. The van der Waals surface area contributed by atoms with Crippen LogP contribution in [-0.2, 0) is 6.42 Å². The second-order valence-corrected chi connectivity index (χ2v) is 5.48. The van der Waals surface area contributed by atoms with E-state index in [9.17, 15) is 5.26 Å². The summed E-state index contributed by atoms with van der Waals surface area (Å²) in [6.07, 6.45) is 1.31. The third kappa shape index (κ3) is 2.91. The third-order valence-electron chi connectivity index (χ3n) is 3.78. The van der Waals surface area contributed by atoms with Gasteiger partial charge in [-0.3, -0.25) is 4.40 Å². The van der Waals surface area contributed by atoms with E-state index in [4.69, 9.17) is 9.72 Å². The highest BCUT2D eigenvalue weighted by molar-refractivity contribution is 5.68. The summed E-state index contributed by atoms with van der Waals surface area (Å²) in [4.78, 5) is 4.73. The van der Waals surface area contributed by atoms with E-state index in [-0.39, 0.29) is 0 Å². The lowest BCUT2D eigenvalue weighted by atomic mass is 10.1. The number of nitrogens with zero attached hydrogens (tertiary/aromatic N) is 3. The topological polar surface area (TPSA) is 50.3 Å². The van der Waals surface area contributed by atoms with Crippen molar-refractivity contribution in [1.29, 1.82) is 5.26 Å². The number of hydrogen-bond donors (Lipinski definition) is 0. The van der Waals surface area contributed by atoms with Crippen molar-refractivity contribution >= 4 is 5.65 Å². The van der Waals surface area contributed by atoms with Gasteiger partial charge >= 0.3 is 0 Å². The van der Waals surface area contributed by atoms with E-state index in [0.29, 0.717) is 13.0 Å². The van der Waals surface area contributed by atoms with Crippen LogP contribution in [0, 0.1) is 18.3 Å². The summed E-state index contributed by atoms with van der Waals surface area (Å²) in [5.74, 6) is 0.859. The van der Waals surface area contributed by atoms with Crippen LogP contribution < -0.4 is 4.74 Å². The highest BCUT2D eigenvalue weighted by Crippen LogP contribution is 2.27. The molecule has 0 spiro atoms. The van der Waals surface area contributed by atoms with Crippen molar-refractivity contribution < 1.29 is 4.74 Å². The minimum absolute atomic E-state index is 0.329. The second-order valence-electron chi connectivity index (χ2n) is 5.48. The van der Waals surface area contributed by atoms with Crippen LogP contribution in [0.25, 0.3) is 16.9 Å². The number of fused-ring (bicyclic) bond motifs is 1. The Morgan fingerprint density at radius 3 is 2.65 bits per heavy atom. The van der Waals surface area contributed by atoms with Crippen LogP contribution >= 0.6 is 0 Å². The predicted molar refractivity (Wildman–Crippen MR) is 90.5 cm³/mol. The molecule has 23 heavy (non-hydrogen) atoms. The average molecular weight is 305 g/mol. The molecule has 0 radical (unpaired) electrons. The van der Waals surface area contributed by atoms with Gasteiger partial charge in [-0.15, -0.1) is 0 Å². The summed E-state index contributed by atoms with van der Waals surface area (Å²) < 4.78 is 7.68. The molecular weight excluding hydrogens is 286 g/mol. The number of aryl methyl sites for hydroxylation is 1. The molecule has 116 valence electrons. The second kappa shape index (κ2) is 6.53. The molecule has 4 nitrogen and oxygen atoms in total. The van der Waals surface area contributed by atoms with Crippen LogP contribution in [0.3, 0.4) is 0 Å². The molecule has 0 fully saturated rings. The molecule has 0 bridgehead atoms. The fourth-order valence-corrected chi connectivity index (χ4v) is 2.72. The van der Waals surface area contributed by atoms with Crippen LogP contribution in [-0.4, -0.2) is 16.0 Å². The summed E-state index contributed by atoms with van der Waals surface area (Å²) in [5.41, 5.74) is 4.75. The van der Waals surface area contributed by atoms with Gasteiger partial charge in [-0.2, -0.15) is 5.26 Å². The van der Waals surface area contributed by atoms with E-state index in [1.807, 2.05) is 49.4 Å². The van der Waals surface area contributed by atoms with Gasteiger partial charge in [0, 0.05) is 11.3 Å². The first-order chi connectivity index (χ1) is 11.2. The van der Waals surface area contributed by atoms with E-state index in [0.717, 1.165) is 40.5 Å². The number of aromatic nitrogens is 2. The lowest BCUT2D eigenvalue weighted by molar-refractivity contribution is 0.317. The Morgan fingerprint density at radius 1 is 1.17 bits per heavy atom. The number of ether oxygens (including phenoxy) is 1. The van der Waals surface area contributed by atoms with Crippen LogP contribution in [0.2, 0.25) is 0 Å². The van der Waals surface area contributed by atoms with E-state index in [1.54, 1.807) is 0 Å². The zero-order valence-corrected chi connectivity index (χ0v) is 13.4. The van der Waals surface area contributed by atoms with Crippen LogP contribution in [0.15, 0.2) is 42.5 Å². The maximum atomic E-state index is 9.19. The summed E-state index contributed by atoms with van der Waals surface area (Å²) in [7, 11) is 0. The number of hydrogen-bond acceptors (Lipinski definition) is 3. The summed E-state index contributed by atoms with van der Waals surface area (Å²) >= 11 is 0. The van der Waals surface area contributed by atoms with Gasteiger partial charge in [0.2, 0.25) is 0 Å². The first-order valence-corrected chi connectivity index (χ1v) is 7.81. The molecule has 3 rings (SSSR count). The SMILES string of the molecule is CCCOc1ccc(-c2nc3cccc(C)n3c2CC#N)cc1. The van der Waals surface area contributed by atoms with Gasteiger partial charge in [0.1, 0.15) is 11.4 Å². The highest BCUT2D eigenvalue weighted by atomic mass is 16.5. The van der Waals surface area contributed by atoms with E-state index < -0.39 is 0 Å². The zero-order chi connectivity index (χ0) is 16.2. The largest absolute Gasteiger partial charge is 0.494 e. The summed E-state index contributed by atoms with van der Waals surface area (Å²) in [6.45, 7) is 4.83. The molecule has 0 amide bonds. The smallest absolute Gasteiger partial charge is 0.137 e. The lowest BCUT2D eigenvalue weighted by Crippen LogP contribution is -1.97. The quantitative estimate of drug-likeness (QED) is 0.711. The Kier molecular flexibility index (Phi) is 4.29. The zero-order valence-electron chi connectivity index (χ0n) is 13.4. The van der Waals surface area contributed by atoms with Gasteiger partial charge in [-0.1, -0.05) is 13.0 Å². The van der Waals surface area contributed by atoms with Crippen LogP contribution in [0.4, 0.5) is 0 Å². The minimum Gasteiger partial charge on any atom is -0.494 e. The van der Waals surface area contributed by atoms with Crippen LogP contribution in [0.1, 0.15) is 24.7 Å². The van der Waals surface area contributed by atoms with Gasteiger partial charge < -0.3 is 4.74 Å². The van der Waals surface area contributed by atoms with Crippen molar-refractivity contribution in [1.82, 2.24) is 9.38 Å². The van der Waals surface area contributed by atoms with Crippen molar-refractivity contribution in [3.63, 3.8) is 0 Å². The minimum atomic E-state index is 0.329. The average Bonchev–Trinajstić information content (AvgIpc) is 2.94. The van der Waals surface area contributed by atoms with Gasteiger partial charge in [-0.05, 0) is 49.7 Å². The molecule has 0 saturated heterocycles. The van der Waals surface area contributed by atoms with E-state index in [2.05, 4.69) is 17.4 Å². The highest BCUT2D eigenvalue weighted by Gasteiger charge is 2.15. The lowest BCUT2D eigenvalue weighted by Gasteiger charge is -2.06. The van der Waals surface area contributed by atoms with Crippen molar-refractivity contribution in [2.45, 2.75) is 26.7 Å². The van der Waals surface area contributed by atoms with Gasteiger partial charge in [0.05, 0.1) is 30.5 Å². The van der Waals surface area contributed by atoms with Crippen molar-refractivity contribution in [2.24, 2.45) is 0 Å². The third-order valence-corrected chi connectivity index (χ3v) is 3.78. The fraction of sp³-hybridized carbons (Fsp3) is 0.263. The number of benzene rings is 1. The van der Waals surface area contributed by atoms with Gasteiger partial charge in [0.15, 0.2) is 0 Å². The standard InChI is InChI=1S/C19H19N3O/c1-3-13-23-16-9-7-15(8-10-16)19-17(11-12-20)22-14(2)5-4-6-18(22)21-19/h4-10H,3,11,13H2,1-2H3. The fourth-order valence-electron chi connectivity index (χ4n) is 2.72. The normalized spacial score (nSPS) is 10.7. The van der Waals surface area contributed by atoms with E-state index >= 15 is 0 Å². The first kappa shape index (κ1) is 15.1. The Bertz CT molecular complexity index is 857. The van der Waals surface area contributed by atoms with Crippen molar-refractivity contribution in [3.8, 4) is 23.1 Å². The molecule has 0 aliphatic heterocycles. The Morgan fingerprint density at radius 2 is 1.96 bits per heavy atom. The van der Waals surface area contributed by atoms with E-state index in [1.165, 1.54) is 0 Å². The molecule has 0 unspecified atom stereocenters. The molecule has 0 saturated carbocycles. The number of imidazole rings is 1.